The molecule has 3 atom stereocenters. The lowest BCUT2D eigenvalue weighted by Gasteiger charge is -2.44. The summed E-state index contributed by atoms with van der Waals surface area (Å²) in [5.74, 6) is 0.447. The van der Waals surface area contributed by atoms with E-state index in [0.29, 0.717) is 36.2 Å². The minimum atomic E-state index is -2.06. The minimum Gasteiger partial charge on any atom is -0.444 e. The van der Waals surface area contributed by atoms with Crippen LogP contribution in [0.1, 0.15) is 68.7 Å². The minimum absolute atomic E-state index is 0.109. The van der Waals surface area contributed by atoms with Gasteiger partial charge in [-0.1, -0.05) is 47.6 Å². The molecule has 2 rings (SSSR count). The van der Waals surface area contributed by atoms with E-state index in [1.165, 1.54) is 0 Å². The maximum atomic E-state index is 13.0. The van der Waals surface area contributed by atoms with Crippen molar-refractivity contribution in [1.29, 1.82) is 0 Å². The topological polar surface area (TPSA) is 55.8 Å². The highest BCUT2D eigenvalue weighted by molar-refractivity contribution is 6.77. The summed E-state index contributed by atoms with van der Waals surface area (Å²) in [4.78, 5) is 26.9. The summed E-state index contributed by atoms with van der Waals surface area (Å²) in [5.41, 5.74) is 0.876. The Hall–Kier alpha value is -1.14. The zero-order valence-corrected chi connectivity index (χ0v) is 20.8. The molecule has 29 heavy (non-hydrogen) atoms. The van der Waals surface area contributed by atoms with Crippen molar-refractivity contribution in [2.45, 2.75) is 97.0 Å². The Labute approximate surface area is 178 Å². The summed E-state index contributed by atoms with van der Waals surface area (Å²) in [7, 11) is -2.06. The summed E-state index contributed by atoms with van der Waals surface area (Å²) in [6.45, 7) is 20.3. The van der Waals surface area contributed by atoms with Crippen molar-refractivity contribution in [2.24, 2.45) is 11.8 Å². The Kier molecular flexibility index (Phi) is 7.43. The lowest BCUT2D eigenvalue weighted by atomic mass is 9.82. The van der Waals surface area contributed by atoms with Crippen LogP contribution in [0.5, 0.6) is 0 Å². The van der Waals surface area contributed by atoms with Crippen molar-refractivity contribution in [2.75, 3.05) is 13.2 Å². The molecule has 0 N–H and O–H groups in total. The predicted molar refractivity (Wildman–Crippen MR) is 119 cm³/mol. The second-order valence-electron chi connectivity index (χ2n) is 10.7. The number of ether oxygens (including phenoxy) is 1. The first-order valence-electron chi connectivity index (χ1n) is 11.1. The van der Waals surface area contributed by atoms with Gasteiger partial charge in [-0.15, -0.1) is 0 Å². The third kappa shape index (κ3) is 5.13. The van der Waals surface area contributed by atoms with E-state index in [1.807, 2.05) is 31.7 Å². The van der Waals surface area contributed by atoms with Gasteiger partial charge in [-0.05, 0) is 49.4 Å². The third-order valence-corrected chi connectivity index (χ3v) is 12.7. The second-order valence-corrected chi connectivity index (χ2v) is 16.1. The number of nitrogens with zero attached hydrogens (tertiary/aromatic N) is 1. The molecule has 6 heteroatoms. The van der Waals surface area contributed by atoms with Crippen molar-refractivity contribution in [1.82, 2.24) is 4.90 Å². The Balaban J connectivity index is 2.29. The molecule has 2 aliphatic rings. The zero-order valence-electron chi connectivity index (χ0n) is 19.8. The first-order chi connectivity index (χ1) is 13.3. The molecule has 0 aromatic rings. The molecule has 166 valence electrons. The molecular formula is C23H41NO4Si. The normalized spacial score (nSPS) is 25.3. The zero-order chi connectivity index (χ0) is 22.1. The smallest absolute Gasteiger partial charge is 0.410 e. The standard InChI is InChI=1S/C23H41NO4Si/c1-15(2)29(16(3)4,17(5)6)27-14-21-20-12-19(25)11-10-18(20)13-24(21)22(26)28-23(7,8)9/h10-11,15-18,20-21H,12-14H2,1-9H3/t18-,20-,21+/m0/s1. The van der Waals surface area contributed by atoms with Crippen molar-refractivity contribution >= 4 is 20.2 Å². The highest BCUT2D eigenvalue weighted by atomic mass is 28.4. The van der Waals surface area contributed by atoms with E-state index in [-0.39, 0.29) is 29.8 Å². The molecule has 1 heterocycles. The van der Waals surface area contributed by atoms with E-state index in [2.05, 4.69) is 41.5 Å². The molecule has 0 spiro atoms. The summed E-state index contributed by atoms with van der Waals surface area (Å²) in [5, 5.41) is 0. The number of hydrogen-bond donors (Lipinski definition) is 0. The number of carbonyl (C=O) groups excluding carboxylic acids is 2. The van der Waals surface area contributed by atoms with E-state index in [1.54, 1.807) is 6.08 Å². The number of fused-ring (bicyclic) bond motifs is 1. The van der Waals surface area contributed by atoms with Crippen LogP contribution in [-0.2, 0) is 14.0 Å². The van der Waals surface area contributed by atoms with Crippen molar-refractivity contribution in [3.63, 3.8) is 0 Å². The maximum absolute atomic E-state index is 13.0. The summed E-state index contributed by atoms with van der Waals surface area (Å²) < 4.78 is 12.5. The van der Waals surface area contributed by atoms with Gasteiger partial charge >= 0.3 is 6.09 Å². The highest BCUT2D eigenvalue weighted by Crippen LogP contribution is 2.44. The second kappa shape index (κ2) is 8.92. The highest BCUT2D eigenvalue weighted by Gasteiger charge is 2.50. The maximum Gasteiger partial charge on any atom is 0.410 e. The van der Waals surface area contributed by atoms with Crippen LogP contribution >= 0.6 is 0 Å². The molecule has 1 saturated heterocycles. The van der Waals surface area contributed by atoms with E-state index in [9.17, 15) is 9.59 Å². The number of ketones is 1. The molecule has 0 bridgehead atoms. The van der Waals surface area contributed by atoms with Crippen LogP contribution in [0, 0.1) is 11.8 Å². The predicted octanol–water partition coefficient (Wildman–Crippen LogP) is 5.56. The van der Waals surface area contributed by atoms with Crippen LogP contribution in [0.3, 0.4) is 0 Å². The van der Waals surface area contributed by atoms with Gasteiger partial charge in [0.2, 0.25) is 0 Å². The number of rotatable bonds is 6. The van der Waals surface area contributed by atoms with Crippen LogP contribution < -0.4 is 0 Å². The van der Waals surface area contributed by atoms with Gasteiger partial charge < -0.3 is 14.1 Å². The molecule has 0 unspecified atom stereocenters. The van der Waals surface area contributed by atoms with E-state index < -0.39 is 13.9 Å². The molecular weight excluding hydrogens is 382 g/mol. The van der Waals surface area contributed by atoms with Gasteiger partial charge in [0.15, 0.2) is 14.1 Å². The van der Waals surface area contributed by atoms with Gasteiger partial charge in [-0.25, -0.2) is 4.79 Å². The number of allylic oxidation sites excluding steroid dienone is 1. The molecule has 1 fully saturated rings. The third-order valence-electron chi connectivity index (χ3n) is 6.66. The largest absolute Gasteiger partial charge is 0.444 e. The van der Waals surface area contributed by atoms with Crippen LogP contribution in [0.15, 0.2) is 12.2 Å². The van der Waals surface area contributed by atoms with Crippen molar-refractivity contribution in [3.05, 3.63) is 12.2 Å². The van der Waals surface area contributed by atoms with E-state index in [4.69, 9.17) is 9.16 Å². The Morgan fingerprint density at radius 2 is 1.69 bits per heavy atom. The molecule has 1 amide bonds. The van der Waals surface area contributed by atoms with Crippen LogP contribution in [0.25, 0.3) is 0 Å². The van der Waals surface area contributed by atoms with E-state index in [0.717, 1.165) is 0 Å². The van der Waals surface area contributed by atoms with Gasteiger partial charge in [0.05, 0.1) is 12.6 Å². The average Bonchev–Trinajstić information content (AvgIpc) is 2.91. The molecule has 0 aromatic heterocycles. The van der Waals surface area contributed by atoms with Gasteiger partial charge in [0.25, 0.3) is 0 Å². The molecule has 0 aromatic carbocycles. The van der Waals surface area contributed by atoms with Gasteiger partial charge in [-0.2, -0.15) is 0 Å². The lowest BCUT2D eigenvalue weighted by molar-refractivity contribution is -0.116. The molecule has 5 nitrogen and oxygen atoms in total. The Morgan fingerprint density at radius 1 is 1.14 bits per heavy atom. The molecule has 1 aliphatic heterocycles. The quantitative estimate of drug-likeness (QED) is 0.525. The fourth-order valence-corrected chi connectivity index (χ4v) is 11.0. The van der Waals surface area contributed by atoms with Gasteiger partial charge in [0.1, 0.15) is 5.60 Å². The molecule has 0 radical (unpaired) electrons. The number of amides is 1. The van der Waals surface area contributed by atoms with E-state index >= 15 is 0 Å². The van der Waals surface area contributed by atoms with Gasteiger partial charge in [0, 0.05) is 18.9 Å². The van der Waals surface area contributed by atoms with Gasteiger partial charge in [-0.3, -0.25) is 4.79 Å². The average molecular weight is 424 g/mol. The van der Waals surface area contributed by atoms with Crippen LogP contribution in [0.4, 0.5) is 4.79 Å². The first kappa shape index (κ1) is 24.1. The summed E-state index contributed by atoms with van der Waals surface area (Å²) in [6, 6.07) is -0.119. The molecule has 1 aliphatic carbocycles. The Morgan fingerprint density at radius 3 is 2.17 bits per heavy atom. The van der Waals surface area contributed by atoms with Crippen molar-refractivity contribution in [3.8, 4) is 0 Å². The number of carbonyl (C=O) groups is 2. The lowest BCUT2D eigenvalue weighted by Crippen LogP contribution is -2.52. The first-order valence-corrected chi connectivity index (χ1v) is 13.3. The SMILES string of the molecule is CC(C)[Si](OC[C@@H]1[C@H]2CC(=O)C=C[C@H]2CN1C(=O)OC(C)(C)C)(C(C)C)C(C)C. The monoisotopic (exact) mass is 423 g/mol. The van der Waals surface area contributed by atoms with Crippen LogP contribution in [-0.4, -0.2) is 49.9 Å². The van der Waals surface area contributed by atoms with Crippen molar-refractivity contribution < 1.29 is 18.8 Å². The fraction of sp³-hybridized carbons (Fsp3) is 0.826. The van der Waals surface area contributed by atoms with Crippen LogP contribution in [0.2, 0.25) is 16.6 Å². The number of likely N-dealkylation sites (tertiary alicyclic amines) is 1. The fourth-order valence-electron chi connectivity index (χ4n) is 5.51. The summed E-state index contributed by atoms with van der Waals surface area (Å²) in [6.07, 6.45) is 3.83. The summed E-state index contributed by atoms with van der Waals surface area (Å²) >= 11 is 0. The Bertz CT molecular complexity index is 614. The number of hydrogen-bond acceptors (Lipinski definition) is 4. The molecule has 0 saturated carbocycles.